The number of carbonyl (C=O) groups excluding carboxylic acids is 1. The summed E-state index contributed by atoms with van der Waals surface area (Å²) in [4.78, 5) is 17.4. The number of rotatable bonds is 2. The minimum absolute atomic E-state index is 0.0538. The lowest BCUT2D eigenvalue weighted by Crippen LogP contribution is -2.42. The number of amides is 1. The summed E-state index contributed by atoms with van der Waals surface area (Å²) in [6.45, 7) is 4.50. The molecule has 2 aromatic heterocycles. The molecule has 1 saturated carbocycles. The quantitative estimate of drug-likeness (QED) is 0.893. The lowest BCUT2D eigenvalue weighted by Gasteiger charge is -2.33. The Hall–Kier alpha value is -1.62. The van der Waals surface area contributed by atoms with E-state index in [0.29, 0.717) is 16.5 Å². The van der Waals surface area contributed by atoms with Gasteiger partial charge >= 0.3 is 0 Å². The first-order chi connectivity index (χ1) is 10.1. The second-order valence-corrected chi connectivity index (χ2v) is 7.22. The highest BCUT2D eigenvalue weighted by atomic mass is 32.1. The van der Waals surface area contributed by atoms with Gasteiger partial charge in [0.1, 0.15) is 10.4 Å². The van der Waals surface area contributed by atoms with E-state index in [1.807, 2.05) is 12.1 Å². The standard InChI is InChI=1S/C16H21N3OS/c1-9-5-6-11(10(2)8-9)19-16(20)15-13(17)14-12(21-15)4-3-7-18-14/h3-4,7,9-11H,5-6,8,17H2,1-2H3,(H,19,20). The van der Waals surface area contributed by atoms with Crippen LogP contribution in [0.15, 0.2) is 18.3 Å². The van der Waals surface area contributed by atoms with Crippen LogP contribution in [0.5, 0.6) is 0 Å². The normalized spacial score (nSPS) is 25.9. The van der Waals surface area contributed by atoms with Crippen molar-refractivity contribution in [2.24, 2.45) is 11.8 Å². The van der Waals surface area contributed by atoms with Crippen molar-refractivity contribution in [3.63, 3.8) is 0 Å². The summed E-state index contributed by atoms with van der Waals surface area (Å²) in [5, 5.41) is 3.17. The number of hydrogen-bond acceptors (Lipinski definition) is 4. The Bertz CT molecular complexity index is 667. The average Bonchev–Trinajstić information content (AvgIpc) is 2.80. The van der Waals surface area contributed by atoms with Crippen LogP contribution < -0.4 is 11.1 Å². The van der Waals surface area contributed by atoms with Gasteiger partial charge in [-0.25, -0.2) is 0 Å². The first kappa shape index (κ1) is 14.3. The molecule has 0 bridgehead atoms. The molecule has 5 heteroatoms. The zero-order valence-electron chi connectivity index (χ0n) is 12.4. The molecule has 3 rings (SSSR count). The van der Waals surface area contributed by atoms with E-state index in [1.165, 1.54) is 24.2 Å². The Morgan fingerprint density at radius 2 is 2.24 bits per heavy atom. The Balaban J connectivity index is 1.79. The highest BCUT2D eigenvalue weighted by molar-refractivity contribution is 7.21. The largest absolute Gasteiger partial charge is 0.396 e. The molecule has 4 nitrogen and oxygen atoms in total. The third kappa shape index (κ3) is 2.75. The van der Waals surface area contributed by atoms with Gasteiger partial charge in [-0.15, -0.1) is 11.3 Å². The smallest absolute Gasteiger partial charge is 0.263 e. The fourth-order valence-corrected chi connectivity index (χ4v) is 4.21. The van der Waals surface area contributed by atoms with Gasteiger partial charge in [-0.3, -0.25) is 9.78 Å². The molecule has 0 spiro atoms. The highest BCUT2D eigenvalue weighted by Crippen LogP contribution is 2.33. The maximum Gasteiger partial charge on any atom is 0.263 e. The average molecular weight is 303 g/mol. The molecule has 112 valence electrons. The zero-order chi connectivity index (χ0) is 15.0. The molecule has 0 aromatic carbocycles. The predicted molar refractivity (Wildman–Crippen MR) is 87.5 cm³/mol. The molecular weight excluding hydrogens is 282 g/mol. The van der Waals surface area contributed by atoms with Crippen molar-refractivity contribution in [2.45, 2.75) is 39.2 Å². The van der Waals surface area contributed by atoms with Crippen LogP contribution in [0.4, 0.5) is 5.69 Å². The van der Waals surface area contributed by atoms with Crippen LogP contribution in [-0.4, -0.2) is 16.9 Å². The number of fused-ring (bicyclic) bond motifs is 1. The summed E-state index contributed by atoms with van der Waals surface area (Å²) >= 11 is 1.42. The van der Waals surface area contributed by atoms with E-state index >= 15 is 0 Å². The van der Waals surface area contributed by atoms with E-state index in [0.717, 1.165) is 22.6 Å². The molecule has 0 aliphatic heterocycles. The Kier molecular flexibility index (Phi) is 3.85. The van der Waals surface area contributed by atoms with E-state index in [1.54, 1.807) is 6.20 Å². The Morgan fingerprint density at radius 3 is 2.95 bits per heavy atom. The van der Waals surface area contributed by atoms with Crippen LogP contribution >= 0.6 is 11.3 Å². The van der Waals surface area contributed by atoms with Crippen molar-refractivity contribution < 1.29 is 4.79 Å². The molecule has 2 heterocycles. The molecular formula is C16H21N3OS. The van der Waals surface area contributed by atoms with E-state index in [-0.39, 0.29) is 11.9 Å². The van der Waals surface area contributed by atoms with Gasteiger partial charge in [0, 0.05) is 12.2 Å². The summed E-state index contributed by atoms with van der Waals surface area (Å²) in [5.41, 5.74) is 7.33. The molecule has 1 amide bonds. The molecule has 3 unspecified atom stereocenters. The second-order valence-electron chi connectivity index (χ2n) is 6.17. The van der Waals surface area contributed by atoms with Crippen molar-refractivity contribution in [3.8, 4) is 0 Å². The molecule has 2 aromatic rings. The van der Waals surface area contributed by atoms with Crippen LogP contribution in [0.3, 0.4) is 0 Å². The third-order valence-electron chi connectivity index (χ3n) is 4.44. The Labute approximate surface area is 128 Å². The van der Waals surface area contributed by atoms with Gasteiger partial charge < -0.3 is 11.1 Å². The van der Waals surface area contributed by atoms with E-state index in [2.05, 4.69) is 24.1 Å². The number of aromatic nitrogens is 1. The molecule has 0 saturated heterocycles. The van der Waals surface area contributed by atoms with Gasteiger partial charge in [-0.2, -0.15) is 0 Å². The van der Waals surface area contributed by atoms with Gasteiger partial charge in [0.25, 0.3) is 5.91 Å². The minimum Gasteiger partial charge on any atom is -0.396 e. The molecule has 1 aliphatic carbocycles. The summed E-state index contributed by atoms with van der Waals surface area (Å²) in [5.74, 6) is 1.22. The zero-order valence-corrected chi connectivity index (χ0v) is 13.2. The number of carbonyl (C=O) groups is 1. The maximum absolute atomic E-state index is 12.5. The number of nitrogens with two attached hydrogens (primary N) is 1. The van der Waals surface area contributed by atoms with Crippen molar-refractivity contribution in [1.82, 2.24) is 10.3 Å². The fourth-order valence-electron chi connectivity index (χ4n) is 3.23. The monoisotopic (exact) mass is 303 g/mol. The first-order valence-electron chi connectivity index (χ1n) is 7.50. The van der Waals surface area contributed by atoms with Gasteiger partial charge in [-0.05, 0) is 43.2 Å². The SMILES string of the molecule is CC1CCC(NC(=O)c2sc3cccnc3c2N)C(C)C1. The molecule has 1 fully saturated rings. The number of nitrogen functional groups attached to an aromatic ring is 1. The van der Waals surface area contributed by atoms with Crippen molar-refractivity contribution in [1.29, 1.82) is 0 Å². The predicted octanol–water partition coefficient (Wildman–Crippen LogP) is 3.43. The maximum atomic E-state index is 12.5. The van der Waals surface area contributed by atoms with Crippen LogP contribution in [0.1, 0.15) is 42.8 Å². The minimum atomic E-state index is -0.0538. The number of nitrogens with zero attached hydrogens (tertiary/aromatic N) is 1. The van der Waals surface area contributed by atoms with Crippen molar-refractivity contribution >= 4 is 33.1 Å². The third-order valence-corrected chi connectivity index (χ3v) is 5.60. The number of nitrogens with one attached hydrogen (secondary N) is 1. The molecule has 21 heavy (non-hydrogen) atoms. The lowest BCUT2D eigenvalue weighted by molar-refractivity contribution is 0.0904. The van der Waals surface area contributed by atoms with Crippen LogP contribution in [0.25, 0.3) is 10.2 Å². The topological polar surface area (TPSA) is 68.0 Å². The number of pyridine rings is 1. The molecule has 0 radical (unpaired) electrons. The van der Waals surface area contributed by atoms with Gasteiger partial charge in [-0.1, -0.05) is 13.8 Å². The summed E-state index contributed by atoms with van der Waals surface area (Å²) < 4.78 is 0.963. The van der Waals surface area contributed by atoms with Crippen LogP contribution in [-0.2, 0) is 0 Å². The van der Waals surface area contributed by atoms with Crippen molar-refractivity contribution in [3.05, 3.63) is 23.2 Å². The van der Waals surface area contributed by atoms with Crippen molar-refractivity contribution in [2.75, 3.05) is 5.73 Å². The van der Waals surface area contributed by atoms with Gasteiger partial charge in [0.05, 0.1) is 10.4 Å². The fraction of sp³-hybridized carbons (Fsp3) is 0.500. The summed E-state index contributed by atoms with van der Waals surface area (Å²) in [7, 11) is 0. The molecule has 1 aliphatic rings. The number of anilines is 1. The second kappa shape index (κ2) is 5.64. The highest BCUT2D eigenvalue weighted by Gasteiger charge is 2.28. The number of hydrogen-bond donors (Lipinski definition) is 2. The first-order valence-corrected chi connectivity index (χ1v) is 8.31. The van der Waals surface area contributed by atoms with Gasteiger partial charge in [0.15, 0.2) is 0 Å². The molecule has 3 atom stereocenters. The van der Waals surface area contributed by atoms with Gasteiger partial charge in [0.2, 0.25) is 0 Å². The molecule has 3 N–H and O–H groups in total. The van der Waals surface area contributed by atoms with E-state index < -0.39 is 0 Å². The summed E-state index contributed by atoms with van der Waals surface area (Å²) in [6.07, 6.45) is 5.11. The van der Waals surface area contributed by atoms with E-state index in [9.17, 15) is 4.79 Å². The number of thiophene rings is 1. The Morgan fingerprint density at radius 1 is 1.43 bits per heavy atom. The van der Waals surface area contributed by atoms with Crippen LogP contribution in [0.2, 0.25) is 0 Å². The summed E-state index contributed by atoms with van der Waals surface area (Å²) in [6, 6.07) is 4.07. The lowest BCUT2D eigenvalue weighted by atomic mass is 9.80. The van der Waals surface area contributed by atoms with Crippen LogP contribution in [0, 0.1) is 11.8 Å². The van der Waals surface area contributed by atoms with E-state index in [4.69, 9.17) is 5.73 Å².